The van der Waals surface area contributed by atoms with Crippen LogP contribution in [0.15, 0.2) is 59.5 Å². The number of hydrogen-bond donors (Lipinski definition) is 0. The zero-order valence-corrected chi connectivity index (χ0v) is 11.1. The summed E-state index contributed by atoms with van der Waals surface area (Å²) in [5.74, 6) is 0. The smallest absolute Gasteiger partial charge is 0.230 e. The van der Waals surface area contributed by atoms with Gasteiger partial charge in [-0.1, -0.05) is 48.0 Å². The van der Waals surface area contributed by atoms with Crippen molar-refractivity contribution >= 4 is 26.7 Å². The first-order valence-corrected chi connectivity index (χ1v) is 7.41. The number of rotatable bonds is 3. The van der Waals surface area contributed by atoms with E-state index in [0.717, 1.165) is 10.5 Å². The van der Waals surface area contributed by atoms with Crippen LogP contribution in [0, 0.1) is 6.92 Å². The molecule has 0 atom stereocenters. The van der Waals surface area contributed by atoms with Crippen LogP contribution in [0.2, 0.25) is 0 Å². The highest BCUT2D eigenvalue weighted by atomic mass is 33.1. The quantitative estimate of drug-likeness (QED) is 0.752. The van der Waals surface area contributed by atoms with Gasteiger partial charge < -0.3 is 0 Å². The lowest BCUT2D eigenvalue weighted by Crippen LogP contribution is -1.90. The first kappa shape index (κ1) is 12.3. The van der Waals surface area contributed by atoms with Gasteiger partial charge in [-0.3, -0.25) is 4.79 Å². The van der Waals surface area contributed by atoms with Crippen molar-refractivity contribution in [2.75, 3.05) is 0 Å². The van der Waals surface area contributed by atoms with Gasteiger partial charge in [-0.05, 0) is 40.6 Å². The summed E-state index contributed by atoms with van der Waals surface area (Å²) < 4.78 is 0. The van der Waals surface area contributed by atoms with Gasteiger partial charge in [0.25, 0.3) is 0 Å². The molecule has 0 aromatic heterocycles. The van der Waals surface area contributed by atoms with Crippen LogP contribution < -0.4 is 0 Å². The number of benzene rings is 2. The summed E-state index contributed by atoms with van der Waals surface area (Å²) in [5.41, 5.74) is 1.92. The molecule has 0 fully saturated rings. The Morgan fingerprint density at radius 2 is 1.59 bits per heavy atom. The van der Waals surface area contributed by atoms with Crippen LogP contribution in [0.5, 0.6) is 0 Å². The third-order valence-corrected chi connectivity index (χ3v) is 4.46. The van der Waals surface area contributed by atoms with Crippen molar-refractivity contribution < 1.29 is 4.79 Å². The van der Waals surface area contributed by atoms with Crippen LogP contribution >= 0.6 is 21.6 Å². The largest absolute Gasteiger partial charge is 0.281 e. The van der Waals surface area contributed by atoms with E-state index in [1.807, 2.05) is 61.5 Å². The van der Waals surface area contributed by atoms with E-state index >= 15 is 0 Å². The Bertz CT molecular complexity index is 491. The Morgan fingerprint density at radius 3 is 2.24 bits per heavy atom. The number of carbonyl (C=O) groups is 1. The van der Waals surface area contributed by atoms with Gasteiger partial charge in [-0.2, -0.15) is 0 Å². The second-order valence-corrected chi connectivity index (χ2v) is 5.81. The molecular weight excluding hydrogens is 248 g/mol. The normalized spacial score (nSPS) is 10.2. The lowest BCUT2D eigenvalue weighted by molar-refractivity contribution is 0.109. The van der Waals surface area contributed by atoms with Crippen LogP contribution in [0.1, 0.15) is 15.9 Å². The van der Waals surface area contributed by atoms with Gasteiger partial charge in [-0.25, -0.2) is 0 Å². The van der Waals surface area contributed by atoms with Crippen molar-refractivity contribution in [2.45, 2.75) is 11.8 Å². The number of carbonyl (C=O) groups excluding carboxylic acids is 1. The fraction of sp³-hybridized carbons (Fsp3) is 0.0714. The second kappa shape index (κ2) is 5.94. The van der Waals surface area contributed by atoms with E-state index in [9.17, 15) is 4.79 Å². The molecule has 0 aliphatic heterocycles. The van der Waals surface area contributed by atoms with E-state index in [4.69, 9.17) is 0 Å². The van der Waals surface area contributed by atoms with Gasteiger partial charge in [0.05, 0.1) is 0 Å². The highest BCUT2D eigenvalue weighted by molar-refractivity contribution is 8.82. The van der Waals surface area contributed by atoms with E-state index in [1.165, 1.54) is 27.2 Å². The van der Waals surface area contributed by atoms with Crippen LogP contribution in [0.4, 0.5) is 0 Å². The van der Waals surface area contributed by atoms with E-state index in [0.29, 0.717) is 0 Å². The Hall–Kier alpha value is -1.19. The summed E-state index contributed by atoms with van der Waals surface area (Å²) in [5, 5.41) is 0.0962. The minimum Gasteiger partial charge on any atom is -0.281 e. The van der Waals surface area contributed by atoms with Gasteiger partial charge >= 0.3 is 0 Å². The molecule has 2 aromatic rings. The van der Waals surface area contributed by atoms with Crippen LogP contribution in [-0.2, 0) is 0 Å². The molecule has 2 rings (SSSR count). The fourth-order valence-corrected chi connectivity index (χ4v) is 3.11. The number of aryl methyl sites for hydroxylation is 1. The van der Waals surface area contributed by atoms with Gasteiger partial charge in [0.1, 0.15) is 0 Å². The Morgan fingerprint density at radius 1 is 0.941 bits per heavy atom. The van der Waals surface area contributed by atoms with Gasteiger partial charge in [0.2, 0.25) is 5.12 Å². The Kier molecular flexibility index (Phi) is 4.29. The summed E-state index contributed by atoms with van der Waals surface area (Å²) in [4.78, 5) is 13.0. The van der Waals surface area contributed by atoms with E-state index in [2.05, 4.69) is 0 Å². The Labute approximate surface area is 109 Å². The molecule has 0 aliphatic rings. The molecule has 0 saturated heterocycles. The molecule has 0 N–H and O–H groups in total. The first-order valence-electron chi connectivity index (χ1n) is 5.26. The van der Waals surface area contributed by atoms with Crippen molar-refractivity contribution in [3.8, 4) is 0 Å². The van der Waals surface area contributed by atoms with Crippen LogP contribution in [0.25, 0.3) is 0 Å². The molecule has 0 saturated carbocycles. The molecule has 0 heterocycles. The average molecular weight is 260 g/mol. The second-order valence-electron chi connectivity index (χ2n) is 3.63. The van der Waals surface area contributed by atoms with Crippen molar-refractivity contribution in [1.82, 2.24) is 0 Å². The monoisotopic (exact) mass is 260 g/mol. The van der Waals surface area contributed by atoms with Gasteiger partial charge in [0.15, 0.2) is 0 Å². The lowest BCUT2D eigenvalue weighted by atomic mass is 10.2. The molecular formula is C14H12OS2. The molecule has 0 radical (unpaired) electrons. The predicted octanol–water partition coefficient (Wildman–Crippen LogP) is 4.58. The summed E-state index contributed by atoms with van der Waals surface area (Å²) in [7, 11) is 2.76. The maximum atomic E-state index is 11.9. The van der Waals surface area contributed by atoms with E-state index < -0.39 is 0 Å². The van der Waals surface area contributed by atoms with E-state index in [1.54, 1.807) is 0 Å². The summed E-state index contributed by atoms with van der Waals surface area (Å²) >= 11 is 0. The average Bonchev–Trinajstić information content (AvgIpc) is 2.38. The molecule has 0 aliphatic carbocycles. The Balaban J connectivity index is 1.96. The third kappa shape index (κ3) is 3.65. The highest BCUT2D eigenvalue weighted by Gasteiger charge is 2.07. The van der Waals surface area contributed by atoms with Gasteiger partial charge in [-0.15, -0.1) is 0 Å². The maximum Gasteiger partial charge on any atom is 0.230 e. The van der Waals surface area contributed by atoms with Crippen LogP contribution in [-0.4, -0.2) is 5.12 Å². The fourth-order valence-electron chi connectivity index (χ4n) is 1.30. The van der Waals surface area contributed by atoms with Crippen molar-refractivity contribution in [3.05, 3.63) is 65.7 Å². The molecule has 86 valence electrons. The predicted molar refractivity (Wildman–Crippen MR) is 75.4 cm³/mol. The minimum atomic E-state index is 0.0962. The third-order valence-electron chi connectivity index (χ3n) is 2.24. The van der Waals surface area contributed by atoms with Crippen molar-refractivity contribution in [3.63, 3.8) is 0 Å². The highest BCUT2D eigenvalue weighted by Crippen LogP contribution is 2.33. The number of hydrogen-bond acceptors (Lipinski definition) is 3. The first-order chi connectivity index (χ1) is 8.25. The molecule has 0 spiro atoms. The zero-order chi connectivity index (χ0) is 12.1. The molecule has 0 unspecified atom stereocenters. The summed E-state index contributed by atoms with van der Waals surface area (Å²) in [6.07, 6.45) is 0. The zero-order valence-electron chi connectivity index (χ0n) is 9.42. The molecule has 0 bridgehead atoms. The molecule has 17 heavy (non-hydrogen) atoms. The van der Waals surface area contributed by atoms with Crippen LogP contribution in [0.3, 0.4) is 0 Å². The topological polar surface area (TPSA) is 17.1 Å². The standard InChI is InChI=1S/C14H12OS2/c1-11-7-9-12(10-8-11)14(15)17-16-13-5-3-2-4-6-13/h2-10H,1H3. The van der Waals surface area contributed by atoms with Crippen molar-refractivity contribution in [1.29, 1.82) is 0 Å². The molecule has 0 amide bonds. The SMILES string of the molecule is Cc1ccc(C(=O)SSc2ccccc2)cc1. The molecule has 2 aromatic carbocycles. The minimum absolute atomic E-state index is 0.0962. The summed E-state index contributed by atoms with van der Waals surface area (Å²) in [6.45, 7) is 2.01. The van der Waals surface area contributed by atoms with Crippen molar-refractivity contribution in [2.24, 2.45) is 0 Å². The van der Waals surface area contributed by atoms with E-state index in [-0.39, 0.29) is 5.12 Å². The molecule has 3 heteroatoms. The maximum absolute atomic E-state index is 11.9. The lowest BCUT2D eigenvalue weighted by Gasteiger charge is -2.01. The summed E-state index contributed by atoms with van der Waals surface area (Å²) in [6, 6.07) is 17.6. The molecule has 1 nitrogen and oxygen atoms in total. The van der Waals surface area contributed by atoms with Gasteiger partial charge in [0, 0.05) is 10.5 Å².